The Morgan fingerprint density at radius 3 is 1.00 bits per heavy atom. The van der Waals surface area contributed by atoms with E-state index in [9.17, 15) is 4.79 Å². The summed E-state index contributed by atoms with van der Waals surface area (Å²) in [4.78, 5) is 12.0. The predicted molar refractivity (Wildman–Crippen MR) is 180 cm³/mol. The van der Waals surface area contributed by atoms with Crippen LogP contribution >= 0.6 is 0 Å². The summed E-state index contributed by atoms with van der Waals surface area (Å²) in [5, 5.41) is 0. The standard InChI is InChI=1S/C39H62O3/c1-36(2,3)31-23-29(24-32(27-31)37(4,5)6)19-15-13-17-21-41-35(40)42-22-18-14-16-20-30-25-33(38(7,8)9)28-34(26-30)39(10,11)12/h23-28H,13-22H2,1-12H3. The Balaban J connectivity index is 1.66. The van der Waals surface area contributed by atoms with Gasteiger partial charge < -0.3 is 9.47 Å². The van der Waals surface area contributed by atoms with Crippen LogP contribution in [0.15, 0.2) is 36.4 Å². The molecule has 3 nitrogen and oxygen atoms in total. The zero-order valence-corrected chi connectivity index (χ0v) is 29.3. The number of carbonyl (C=O) groups excluding carboxylic acids is 1. The van der Waals surface area contributed by atoms with Gasteiger partial charge in [-0.15, -0.1) is 0 Å². The van der Waals surface area contributed by atoms with Crippen LogP contribution in [0.25, 0.3) is 0 Å². The van der Waals surface area contributed by atoms with E-state index in [0.29, 0.717) is 13.2 Å². The zero-order valence-electron chi connectivity index (χ0n) is 29.3. The van der Waals surface area contributed by atoms with Gasteiger partial charge in [-0.25, -0.2) is 4.79 Å². The maximum absolute atomic E-state index is 12.0. The lowest BCUT2D eigenvalue weighted by atomic mass is 9.79. The number of rotatable bonds is 12. The highest BCUT2D eigenvalue weighted by Gasteiger charge is 2.21. The number of unbranched alkanes of at least 4 members (excludes halogenated alkanes) is 4. The topological polar surface area (TPSA) is 35.5 Å². The summed E-state index contributed by atoms with van der Waals surface area (Å²) >= 11 is 0. The fourth-order valence-electron chi connectivity index (χ4n) is 4.97. The molecule has 0 N–H and O–H groups in total. The average molecular weight is 579 g/mol. The van der Waals surface area contributed by atoms with E-state index in [4.69, 9.17) is 9.47 Å². The summed E-state index contributed by atoms with van der Waals surface area (Å²) < 4.78 is 10.7. The molecular weight excluding hydrogens is 516 g/mol. The minimum atomic E-state index is -0.532. The van der Waals surface area contributed by atoms with E-state index in [-0.39, 0.29) is 21.7 Å². The highest BCUT2D eigenvalue weighted by atomic mass is 16.7. The summed E-state index contributed by atoms with van der Waals surface area (Å²) in [5.41, 5.74) is 8.98. The summed E-state index contributed by atoms with van der Waals surface area (Å²) in [6.07, 6.45) is 7.54. The highest BCUT2D eigenvalue weighted by molar-refractivity contribution is 5.59. The van der Waals surface area contributed by atoms with Crippen LogP contribution in [0, 0.1) is 0 Å². The molecule has 0 aliphatic heterocycles. The molecule has 0 aromatic heterocycles. The van der Waals surface area contributed by atoms with Crippen LogP contribution in [0.5, 0.6) is 0 Å². The van der Waals surface area contributed by atoms with Crippen LogP contribution in [0.1, 0.15) is 155 Å². The number of hydrogen-bond acceptors (Lipinski definition) is 3. The molecule has 0 aliphatic rings. The van der Waals surface area contributed by atoms with Gasteiger partial charge in [-0.05, 0) is 106 Å². The SMILES string of the molecule is CC(C)(C)c1cc(CCCCCOC(=O)OCCCCCc2cc(C(C)(C)C)cc(C(C)(C)C)c2)cc(C(C)(C)C)c1. The van der Waals surface area contributed by atoms with Crippen LogP contribution < -0.4 is 0 Å². The molecule has 0 spiro atoms. The van der Waals surface area contributed by atoms with Crippen molar-refractivity contribution in [2.45, 2.75) is 156 Å². The number of ether oxygens (including phenoxy) is 2. The molecule has 0 fully saturated rings. The van der Waals surface area contributed by atoms with Gasteiger partial charge in [-0.1, -0.05) is 119 Å². The quantitative estimate of drug-likeness (QED) is 0.186. The molecule has 0 radical (unpaired) electrons. The molecule has 2 rings (SSSR count). The van der Waals surface area contributed by atoms with Gasteiger partial charge in [0, 0.05) is 0 Å². The number of benzene rings is 2. The van der Waals surface area contributed by atoms with Gasteiger partial charge in [0.15, 0.2) is 0 Å². The third-order valence-electron chi connectivity index (χ3n) is 8.11. The summed E-state index contributed by atoms with van der Waals surface area (Å²) in [6, 6.07) is 14.2. The van der Waals surface area contributed by atoms with E-state index < -0.39 is 6.16 Å². The molecule has 0 atom stereocenters. The summed E-state index contributed by atoms with van der Waals surface area (Å²) in [7, 11) is 0. The lowest BCUT2D eigenvalue weighted by Gasteiger charge is -2.26. The Labute approximate surface area is 259 Å². The van der Waals surface area contributed by atoms with Gasteiger partial charge in [-0.3, -0.25) is 0 Å². The van der Waals surface area contributed by atoms with Gasteiger partial charge in [0.05, 0.1) is 13.2 Å². The maximum Gasteiger partial charge on any atom is 0.508 e. The van der Waals surface area contributed by atoms with E-state index in [1.807, 2.05) is 0 Å². The Bertz CT molecular complexity index is 976. The lowest BCUT2D eigenvalue weighted by molar-refractivity contribution is 0.0529. The van der Waals surface area contributed by atoms with Crippen molar-refractivity contribution in [3.8, 4) is 0 Å². The summed E-state index contributed by atoms with van der Waals surface area (Å²) in [5.74, 6) is 0. The van der Waals surface area contributed by atoms with Gasteiger partial charge in [0.2, 0.25) is 0 Å². The van der Waals surface area contributed by atoms with Gasteiger partial charge in [0.1, 0.15) is 0 Å². The lowest BCUT2D eigenvalue weighted by Crippen LogP contribution is -2.17. The van der Waals surface area contributed by atoms with Crippen molar-refractivity contribution < 1.29 is 14.3 Å². The van der Waals surface area contributed by atoms with Crippen molar-refractivity contribution in [2.75, 3.05) is 13.2 Å². The molecule has 0 heterocycles. The van der Waals surface area contributed by atoms with Gasteiger partial charge >= 0.3 is 6.16 Å². The van der Waals surface area contributed by atoms with Gasteiger partial charge in [-0.2, -0.15) is 0 Å². The maximum atomic E-state index is 12.0. The molecular formula is C39H62O3. The zero-order chi connectivity index (χ0) is 31.8. The largest absolute Gasteiger partial charge is 0.508 e. The molecule has 3 heteroatoms. The van der Waals surface area contributed by atoms with E-state index in [1.165, 1.54) is 33.4 Å². The predicted octanol–water partition coefficient (Wildman–Crippen LogP) is 11.2. The van der Waals surface area contributed by atoms with Crippen molar-refractivity contribution in [3.05, 3.63) is 69.8 Å². The molecule has 42 heavy (non-hydrogen) atoms. The normalized spacial score (nSPS) is 12.9. The fourth-order valence-corrected chi connectivity index (χ4v) is 4.97. The Hall–Kier alpha value is -2.29. The molecule has 0 amide bonds. The third kappa shape index (κ3) is 12.5. The minimum absolute atomic E-state index is 0.137. The Kier molecular flexibility index (Phi) is 12.8. The number of carbonyl (C=O) groups is 1. The van der Waals surface area contributed by atoms with Crippen molar-refractivity contribution in [1.82, 2.24) is 0 Å². The molecule has 0 unspecified atom stereocenters. The second kappa shape index (κ2) is 14.9. The van der Waals surface area contributed by atoms with Crippen molar-refractivity contribution in [2.24, 2.45) is 0 Å². The molecule has 236 valence electrons. The van der Waals surface area contributed by atoms with E-state index in [1.54, 1.807) is 0 Å². The average Bonchev–Trinajstić information content (AvgIpc) is 2.85. The van der Waals surface area contributed by atoms with Gasteiger partial charge in [0.25, 0.3) is 0 Å². The Morgan fingerprint density at radius 2 is 0.738 bits per heavy atom. The number of hydrogen-bond donors (Lipinski definition) is 0. The minimum Gasteiger partial charge on any atom is -0.434 e. The Morgan fingerprint density at radius 1 is 0.452 bits per heavy atom. The second-order valence-electron chi connectivity index (χ2n) is 16.4. The fraction of sp³-hybridized carbons (Fsp3) is 0.667. The molecule has 0 aliphatic carbocycles. The van der Waals surface area contributed by atoms with E-state index in [0.717, 1.165) is 51.4 Å². The highest BCUT2D eigenvalue weighted by Crippen LogP contribution is 2.32. The van der Waals surface area contributed by atoms with Crippen molar-refractivity contribution >= 4 is 6.16 Å². The van der Waals surface area contributed by atoms with Crippen LogP contribution in [0.3, 0.4) is 0 Å². The first-order valence-electron chi connectivity index (χ1n) is 16.4. The van der Waals surface area contributed by atoms with Crippen LogP contribution in [-0.2, 0) is 44.0 Å². The smallest absolute Gasteiger partial charge is 0.434 e. The van der Waals surface area contributed by atoms with E-state index >= 15 is 0 Å². The first-order chi connectivity index (χ1) is 19.3. The van der Waals surface area contributed by atoms with E-state index in [2.05, 4.69) is 119 Å². The van der Waals surface area contributed by atoms with Crippen LogP contribution in [-0.4, -0.2) is 19.4 Å². The molecule has 2 aromatic rings. The third-order valence-corrected chi connectivity index (χ3v) is 8.11. The van der Waals surface area contributed by atoms with Crippen LogP contribution in [0.4, 0.5) is 4.79 Å². The van der Waals surface area contributed by atoms with Crippen molar-refractivity contribution in [1.29, 1.82) is 0 Å². The molecule has 2 aromatic carbocycles. The van der Waals surface area contributed by atoms with Crippen molar-refractivity contribution in [3.63, 3.8) is 0 Å². The monoisotopic (exact) mass is 578 g/mol. The van der Waals surface area contributed by atoms with Crippen LogP contribution in [0.2, 0.25) is 0 Å². The first-order valence-corrected chi connectivity index (χ1v) is 16.4. The second-order valence-corrected chi connectivity index (χ2v) is 16.4. The molecule has 0 saturated heterocycles. The molecule has 0 saturated carbocycles. The molecule has 0 bridgehead atoms. The summed E-state index contributed by atoms with van der Waals surface area (Å²) in [6.45, 7) is 28.2. The first kappa shape index (κ1) is 35.9. The number of aryl methyl sites for hydroxylation is 2.